The number of aromatic amines is 1. The van der Waals surface area contributed by atoms with Gasteiger partial charge in [0.25, 0.3) is 0 Å². The van der Waals surface area contributed by atoms with E-state index >= 15 is 0 Å². The van der Waals surface area contributed by atoms with Crippen molar-refractivity contribution in [2.24, 2.45) is 0 Å². The van der Waals surface area contributed by atoms with E-state index in [4.69, 9.17) is 11.6 Å². The minimum atomic E-state index is 0.627. The van der Waals surface area contributed by atoms with E-state index in [1.807, 2.05) is 42.9 Å². The summed E-state index contributed by atoms with van der Waals surface area (Å²) < 4.78 is 0. The Kier molecular flexibility index (Phi) is 4.81. The predicted molar refractivity (Wildman–Crippen MR) is 101 cm³/mol. The third-order valence-electron chi connectivity index (χ3n) is 4.97. The summed E-state index contributed by atoms with van der Waals surface area (Å²) in [7, 11) is 0. The maximum atomic E-state index is 6.13. The van der Waals surface area contributed by atoms with Crippen LogP contribution in [-0.4, -0.2) is 33.2 Å². The molecule has 0 atom stereocenters. The molecule has 5 heteroatoms. The average molecular weight is 353 g/mol. The van der Waals surface area contributed by atoms with Crippen molar-refractivity contribution in [1.82, 2.24) is 20.1 Å². The van der Waals surface area contributed by atoms with E-state index in [-0.39, 0.29) is 0 Å². The molecule has 1 saturated heterocycles. The Balaban J connectivity index is 1.42. The molecule has 1 N–H and O–H groups in total. The van der Waals surface area contributed by atoms with Gasteiger partial charge in [0, 0.05) is 35.1 Å². The summed E-state index contributed by atoms with van der Waals surface area (Å²) in [6.45, 7) is 3.11. The minimum Gasteiger partial charge on any atom is -0.299 e. The van der Waals surface area contributed by atoms with Gasteiger partial charge in [-0.2, -0.15) is 5.10 Å². The van der Waals surface area contributed by atoms with E-state index in [2.05, 4.69) is 32.2 Å². The Morgan fingerprint density at radius 3 is 2.76 bits per heavy atom. The summed E-state index contributed by atoms with van der Waals surface area (Å²) in [4.78, 5) is 6.76. The summed E-state index contributed by atoms with van der Waals surface area (Å²) in [5, 5.41) is 8.13. The fraction of sp³-hybridized carbons (Fsp3) is 0.300. The molecule has 25 heavy (non-hydrogen) atoms. The Morgan fingerprint density at radius 2 is 2.00 bits per heavy atom. The van der Waals surface area contributed by atoms with Gasteiger partial charge in [0.15, 0.2) is 0 Å². The van der Waals surface area contributed by atoms with Crippen LogP contribution in [0, 0.1) is 0 Å². The normalized spacial score (nSPS) is 16.2. The third kappa shape index (κ3) is 3.75. The Hall–Kier alpha value is -2.17. The average Bonchev–Trinajstić information content (AvgIpc) is 3.11. The number of aromatic nitrogens is 3. The van der Waals surface area contributed by atoms with Crippen LogP contribution in [0.1, 0.15) is 29.9 Å². The number of hydrogen-bond donors (Lipinski definition) is 1. The summed E-state index contributed by atoms with van der Waals surface area (Å²) >= 11 is 6.13. The highest BCUT2D eigenvalue weighted by molar-refractivity contribution is 6.30. The van der Waals surface area contributed by atoms with Crippen LogP contribution < -0.4 is 0 Å². The molecule has 1 aromatic carbocycles. The zero-order valence-corrected chi connectivity index (χ0v) is 14.8. The number of hydrogen-bond acceptors (Lipinski definition) is 3. The number of benzene rings is 1. The lowest BCUT2D eigenvalue weighted by atomic mass is 9.90. The Morgan fingerprint density at radius 1 is 1.12 bits per heavy atom. The van der Waals surface area contributed by atoms with Gasteiger partial charge in [0.2, 0.25) is 0 Å². The topological polar surface area (TPSA) is 44.8 Å². The zero-order chi connectivity index (χ0) is 17.1. The van der Waals surface area contributed by atoms with Gasteiger partial charge in [-0.1, -0.05) is 29.8 Å². The quantitative estimate of drug-likeness (QED) is 0.751. The lowest BCUT2D eigenvalue weighted by molar-refractivity contribution is 0.205. The second-order valence-electron chi connectivity index (χ2n) is 6.62. The van der Waals surface area contributed by atoms with Crippen molar-refractivity contribution in [3.63, 3.8) is 0 Å². The molecule has 4 rings (SSSR count). The van der Waals surface area contributed by atoms with Crippen LogP contribution in [0.4, 0.5) is 0 Å². The molecule has 2 aromatic heterocycles. The highest BCUT2D eigenvalue weighted by Gasteiger charge is 2.22. The van der Waals surface area contributed by atoms with E-state index in [0.29, 0.717) is 5.92 Å². The molecule has 1 aliphatic heterocycles. The van der Waals surface area contributed by atoms with Crippen LogP contribution in [0.5, 0.6) is 0 Å². The smallest absolute Gasteiger partial charge is 0.0695 e. The fourth-order valence-electron chi connectivity index (χ4n) is 3.61. The van der Waals surface area contributed by atoms with Crippen molar-refractivity contribution in [2.75, 3.05) is 13.1 Å². The molecule has 3 aromatic rings. The third-order valence-corrected chi connectivity index (χ3v) is 5.20. The van der Waals surface area contributed by atoms with Crippen molar-refractivity contribution in [2.45, 2.75) is 25.3 Å². The van der Waals surface area contributed by atoms with Crippen molar-refractivity contribution < 1.29 is 0 Å². The molecule has 0 bridgehead atoms. The largest absolute Gasteiger partial charge is 0.299 e. The van der Waals surface area contributed by atoms with Crippen LogP contribution >= 0.6 is 11.6 Å². The van der Waals surface area contributed by atoms with Gasteiger partial charge in [-0.15, -0.1) is 0 Å². The van der Waals surface area contributed by atoms with Gasteiger partial charge in [-0.05, 0) is 55.6 Å². The highest BCUT2D eigenvalue weighted by Crippen LogP contribution is 2.30. The molecule has 128 valence electrons. The van der Waals surface area contributed by atoms with Gasteiger partial charge in [0.05, 0.1) is 11.9 Å². The zero-order valence-electron chi connectivity index (χ0n) is 14.0. The number of likely N-dealkylation sites (tertiary alicyclic amines) is 1. The van der Waals surface area contributed by atoms with Crippen LogP contribution in [0.2, 0.25) is 5.02 Å². The first-order chi connectivity index (χ1) is 12.3. The first-order valence-corrected chi connectivity index (χ1v) is 9.08. The maximum Gasteiger partial charge on any atom is 0.0695 e. The van der Waals surface area contributed by atoms with Crippen molar-refractivity contribution in [3.05, 3.63) is 71.1 Å². The molecule has 0 aliphatic carbocycles. The fourth-order valence-corrected chi connectivity index (χ4v) is 3.80. The number of H-pyrrole nitrogens is 1. The van der Waals surface area contributed by atoms with Gasteiger partial charge in [-0.3, -0.25) is 15.0 Å². The van der Waals surface area contributed by atoms with Crippen LogP contribution in [0.15, 0.2) is 55.0 Å². The van der Waals surface area contributed by atoms with Gasteiger partial charge >= 0.3 is 0 Å². The first kappa shape index (κ1) is 16.3. The molecule has 0 amide bonds. The first-order valence-electron chi connectivity index (χ1n) is 8.70. The summed E-state index contributed by atoms with van der Waals surface area (Å²) in [5.41, 5.74) is 4.74. The van der Waals surface area contributed by atoms with E-state index < -0.39 is 0 Å². The lowest BCUT2D eigenvalue weighted by Gasteiger charge is -2.32. The van der Waals surface area contributed by atoms with Gasteiger partial charge in [0.1, 0.15) is 0 Å². The van der Waals surface area contributed by atoms with Crippen LogP contribution in [-0.2, 0) is 6.54 Å². The Bertz CT molecular complexity index is 822. The van der Waals surface area contributed by atoms with Gasteiger partial charge < -0.3 is 0 Å². The molecular weight excluding hydrogens is 332 g/mol. The Labute approximate surface area is 152 Å². The van der Waals surface area contributed by atoms with E-state index in [9.17, 15) is 0 Å². The molecule has 1 fully saturated rings. The lowest BCUT2D eigenvalue weighted by Crippen LogP contribution is -2.32. The number of nitrogens with one attached hydrogen (secondary N) is 1. The second-order valence-corrected chi connectivity index (χ2v) is 7.05. The monoisotopic (exact) mass is 352 g/mol. The molecule has 1 aliphatic rings. The standard InChI is InChI=1S/C20H21ClN4/c21-19-5-1-3-16(11-19)20-18(13-23-24-20)14-25-9-6-15(7-10-25)17-4-2-8-22-12-17/h1-5,8,11-13,15H,6-7,9-10,14H2,(H,23,24). The number of pyridine rings is 1. The van der Waals surface area contributed by atoms with Crippen molar-refractivity contribution in [1.29, 1.82) is 0 Å². The van der Waals surface area contributed by atoms with E-state index in [1.54, 1.807) is 0 Å². The molecule has 3 heterocycles. The molecule has 0 saturated carbocycles. The van der Waals surface area contributed by atoms with Crippen molar-refractivity contribution >= 4 is 11.6 Å². The number of rotatable bonds is 4. The molecular formula is C20H21ClN4. The predicted octanol–water partition coefficient (Wildman–Crippen LogP) is 4.50. The van der Waals surface area contributed by atoms with Crippen LogP contribution in [0.3, 0.4) is 0 Å². The number of nitrogens with zero attached hydrogens (tertiary/aromatic N) is 3. The molecule has 0 spiro atoms. The molecule has 0 unspecified atom stereocenters. The molecule has 4 nitrogen and oxygen atoms in total. The van der Waals surface area contributed by atoms with Crippen molar-refractivity contribution in [3.8, 4) is 11.3 Å². The number of piperidine rings is 1. The van der Waals surface area contributed by atoms with E-state index in [1.165, 1.54) is 24.0 Å². The highest BCUT2D eigenvalue weighted by atomic mass is 35.5. The summed E-state index contributed by atoms with van der Waals surface area (Å²) in [6.07, 6.45) is 8.14. The summed E-state index contributed by atoms with van der Waals surface area (Å²) in [5.74, 6) is 0.627. The SMILES string of the molecule is Clc1cccc(-c2[nH]ncc2CN2CCC(c3cccnc3)CC2)c1. The van der Waals surface area contributed by atoms with Crippen LogP contribution in [0.25, 0.3) is 11.3 Å². The second kappa shape index (κ2) is 7.38. The number of halogens is 1. The van der Waals surface area contributed by atoms with Gasteiger partial charge in [-0.25, -0.2) is 0 Å². The minimum absolute atomic E-state index is 0.627. The summed E-state index contributed by atoms with van der Waals surface area (Å²) in [6, 6.07) is 12.1. The molecule has 0 radical (unpaired) electrons. The maximum absolute atomic E-state index is 6.13. The van der Waals surface area contributed by atoms with E-state index in [0.717, 1.165) is 35.9 Å².